The van der Waals surface area contributed by atoms with Gasteiger partial charge in [0.25, 0.3) is 0 Å². The standard InChI is InChI=1S/C16H19NO3/c18-15(17-12-6-10-14(17)16(19)20)11-5-4-9-13-7-2-1-3-8-13/h1-4,7-9,14H,5-6,10-12H2,(H,19,20)/b9-4+/t14-/m0/s1. The molecule has 1 heterocycles. The van der Waals surface area contributed by atoms with Crippen LogP contribution in [0, 0.1) is 0 Å². The number of carbonyl (C=O) groups is 2. The van der Waals surface area contributed by atoms with E-state index < -0.39 is 12.0 Å². The molecule has 20 heavy (non-hydrogen) atoms. The Hall–Kier alpha value is -2.10. The van der Waals surface area contributed by atoms with Crippen molar-refractivity contribution in [2.24, 2.45) is 0 Å². The minimum Gasteiger partial charge on any atom is -0.480 e. The third-order valence-electron chi connectivity index (χ3n) is 3.49. The average molecular weight is 273 g/mol. The molecular formula is C16H19NO3. The molecule has 106 valence electrons. The molecule has 0 bridgehead atoms. The number of carboxylic acids is 1. The van der Waals surface area contributed by atoms with Gasteiger partial charge in [-0.3, -0.25) is 4.79 Å². The van der Waals surface area contributed by atoms with Crippen molar-refractivity contribution >= 4 is 18.0 Å². The Balaban J connectivity index is 1.81. The molecule has 1 aromatic carbocycles. The summed E-state index contributed by atoms with van der Waals surface area (Å²) >= 11 is 0. The topological polar surface area (TPSA) is 57.6 Å². The highest BCUT2D eigenvalue weighted by atomic mass is 16.4. The molecule has 0 saturated carbocycles. The van der Waals surface area contributed by atoms with Crippen LogP contribution in [0.5, 0.6) is 0 Å². The van der Waals surface area contributed by atoms with Crippen LogP contribution in [0.3, 0.4) is 0 Å². The highest BCUT2D eigenvalue weighted by Gasteiger charge is 2.33. The van der Waals surface area contributed by atoms with E-state index in [1.165, 1.54) is 4.90 Å². The van der Waals surface area contributed by atoms with Gasteiger partial charge in [-0.15, -0.1) is 0 Å². The number of carbonyl (C=O) groups excluding carboxylic acids is 1. The van der Waals surface area contributed by atoms with Crippen molar-refractivity contribution in [2.75, 3.05) is 6.54 Å². The van der Waals surface area contributed by atoms with Crippen LogP contribution in [0.25, 0.3) is 6.08 Å². The number of nitrogens with zero attached hydrogens (tertiary/aromatic N) is 1. The van der Waals surface area contributed by atoms with Gasteiger partial charge in [0.1, 0.15) is 6.04 Å². The highest BCUT2D eigenvalue weighted by molar-refractivity contribution is 5.84. The van der Waals surface area contributed by atoms with Crippen LogP contribution in [0.15, 0.2) is 36.4 Å². The molecule has 1 N–H and O–H groups in total. The number of likely N-dealkylation sites (tertiary alicyclic amines) is 1. The zero-order valence-corrected chi connectivity index (χ0v) is 11.4. The van der Waals surface area contributed by atoms with Crippen molar-refractivity contribution in [3.63, 3.8) is 0 Å². The SMILES string of the molecule is O=C(O)[C@@H]1CCCN1C(=O)CC/C=C/c1ccccc1. The maximum Gasteiger partial charge on any atom is 0.326 e. The van der Waals surface area contributed by atoms with Gasteiger partial charge in [0, 0.05) is 13.0 Å². The van der Waals surface area contributed by atoms with Crippen LogP contribution in [0.2, 0.25) is 0 Å². The number of aliphatic carboxylic acids is 1. The quantitative estimate of drug-likeness (QED) is 0.897. The van der Waals surface area contributed by atoms with Crippen LogP contribution in [0.1, 0.15) is 31.2 Å². The van der Waals surface area contributed by atoms with Gasteiger partial charge >= 0.3 is 5.97 Å². The first-order valence-electron chi connectivity index (χ1n) is 6.92. The van der Waals surface area contributed by atoms with Crippen molar-refractivity contribution < 1.29 is 14.7 Å². The third-order valence-corrected chi connectivity index (χ3v) is 3.49. The van der Waals surface area contributed by atoms with Gasteiger partial charge in [0.05, 0.1) is 0 Å². The van der Waals surface area contributed by atoms with Crippen molar-refractivity contribution in [1.29, 1.82) is 0 Å². The summed E-state index contributed by atoms with van der Waals surface area (Å²) < 4.78 is 0. The Bertz CT molecular complexity index is 496. The van der Waals surface area contributed by atoms with E-state index in [9.17, 15) is 9.59 Å². The maximum absolute atomic E-state index is 12.0. The third kappa shape index (κ3) is 3.70. The summed E-state index contributed by atoms with van der Waals surface area (Å²) in [5.41, 5.74) is 1.10. The summed E-state index contributed by atoms with van der Waals surface area (Å²) in [5.74, 6) is -0.955. The number of hydrogen-bond donors (Lipinski definition) is 1. The Morgan fingerprint density at radius 3 is 2.75 bits per heavy atom. The number of amides is 1. The normalized spacial score (nSPS) is 18.6. The number of benzene rings is 1. The molecule has 2 rings (SSSR count). The molecule has 1 saturated heterocycles. The van der Waals surface area contributed by atoms with Crippen molar-refractivity contribution in [2.45, 2.75) is 31.7 Å². The van der Waals surface area contributed by atoms with E-state index in [2.05, 4.69) is 0 Å². The Morgan fingerprint density at radius 1 is 1.30 bits per heavy atom. The number of allylic oxidation sites excluding steroid dienone is 1. The van der Waals surface area contributed by atoms with Crippen LogP contribution >= 0.6 is 0 Å². The summed E-state index contributed by atoms with van der Waals surface area (Å²) in [7, 11) is 0. The lowest BCUT2D eigenvalue weighted by Crippen LogP contribution is -2.40. The van der Waals surface area contributed by atoms with E-state index in [0.717, 1.165) is 12.0 Å². The molecule has 4 nitrogen and oxygen atoms in total. The van der Waals surface area contributed by atoms with Crippen LogP contribution in [-0.2, 0) is 9.59 Å². The second-order valence-electron chi connectivity index (χ2n) is 4.94. The summed E-state index contributed by atoms with van der Waals surface area (Å²) in [6.45, 7) is 0.568. The smallest absolute Gasteiger partial charge is 0.326 e. The second kappa shape index (κ2) is 6.89. The molecule has 1 aliphatic rings. The molecule has 1 fully saturated rings. The summed E-state index contributed by atoms with van der Waals surface area (Å²) in [6, 6.07) is 9.26. The molecule has 0 spiro atoms. The fourth-order valence-electron chi connectivity index (χ4n) is 2.46. The zero-order valence-electron chi connectivity index (χ0n) is 11.4. The molecule has 1 aromatic rings. The Morgan fingerprint density at radius 2 is 2.05 bits per heavy atom. The van der Waals surface area contributed by atoms with Gasteiger partial charge in [-0.1, -0.05) is 42.5 Å². The molecule has 1 atom stereocenters. The van der Waals surface area contributed by atoms with Gasteiger partial charge in [-0.05, 0) is 24.8 Å². The minimum absolute atomic E-state index is 0.0624. The van der Waals surface area contributed by atoms with E-state index in [1.54, 1.807) is 0 Å². The van der Waals surface area contributed by atoms with Crippen molar-refractivity contribution in [3.8, 4) is 0 Å². The largest absolute Gasteiger partial charge is 0.480 e. The van der Waals surface area contributed by atoms with E-state index in [0.29, 0.717) is 25.8 Å². The fourth-order valence-corrected chi connectivity index (χ4v) is 2.46. The van der Waals surface area contributed by atoms with Gasteiger partial charge in [0.2, 0.25) is 5.91 Å². The predicted molar refractivity (Wildman–Crippen MR) is 77.1 cm³/mol. The van der Waals surface area contributed by atoms with Crippen molar-refractivity contribution in [1.82, 2.24) is 4.90 Å². The first kappa shape index (κ1) is 14.3. The molecule has 1 aliphatic heterocycles. The number of carboxylic acid groups (broad SMARTS) is 1. The first-order chi connectivity index (χ1) is 9.68. The fraction of sp³-hybridized carbons (Fsp3) is 0.375. The number of rotatable bonds is 5. The summed E-state index contributed by atoms with van der Waals surface area (Å²) in [4.78, 5) is 24.5. The van der Waals surface area contributed by atoms with Crippen LogP contribution in [-0.4, -0.2) is 34.5 Å². The molecule has 0 unspecified atom stereocenters. The lowest BCUT2D eigenvalue weighted by molar-refractivity contribution is -0.148. The van der Waals surface area contributed by atoms with E-state index in [4.69, 9.17) is 5.11 Å². The lowest BCUT2D eigenvalue weighted by Gasteiger charge is -2.20. The van der Waals surface area contributed by atoms with Crippen LogP contribution < -0.4 is 0 Å². The summed E-state index contributed by atoms with van der Waals surface area (Å²) in [5, 5.41) is 9.04. The van der Waals surface area contributed by atoms with Gasteiger partial charge in [-0.2, -0.15) is 0 Å². The molecule has 4 heteroatoms. The lowest BCUT2D eigenvalue weighted by atomic mass is 10.1. The average Bonchev–Trinajstić information content (AvgIpc) is 2.94. The monoisotopic (exact) mass is 273 g/mol. The maximum atomic E-state index is 12.0. The second-order valence-corrected chi connectivity index (χ2v) is 4.94. The molecule has 0 radical (unpaired) electrons. The van der Waals surface area contributed by atoms with Crippen LogP contribution in [0.4, 0.5) is 0 Å². The molecule has 1 amide bonds. The van der Waals surface area contributed by atoms with E-state index in [-0.39, 0.29) is 5.91 Å². The molecule has 0 aliphatic carbocycles. The molecular weight excluding hydrogens is 254 g/mol. The van der Waals surface area contributed by atoms with E-state index in [1.807, 2.05) is 42.5 Å². The van der Waals surface area contributed by atoms with Crippen molar-refractivity contribution in [3.05, 3.63) is 42.0 Å². The van der Waals surface area contributed by atoms with Gasteiger partial charge < -0.3 is 10.0 Å². The van der Waals surface area contributed by atoms with E-state index >= 15 is 0 Å². The van der Waals surface area contributed by atoms with Gasteiger partial charge in [-0.25, -0.2) is 4.79 Å². The zero-order chi connectivity index (χ0) is 14.4. The highest BCUT2D eigenvalue weighted by Crippen LogP contribution is 2.19. The first-order valence-corrected chi connectivity index (χ1v) is 6.92. The predicted octanol–water partition coefficient (Wildman–Crippen LogP) is 2.56. The Labute approximate surface area is 118 Å². The number of hydrogen-bond acceptors (Lipinski definition) is 2. The Kier molecular flexibility index (Phi) is 4.93. The van der Waals surface area contributed by atoms with Gasteiger partial charge in [0.15, 0.2) is 0 Å². The minimum atomic E-state index is -0.893. The molecule has 0 aromatic heterocycles. The summed E-state index contributed by atoms with van der Waals surface area (Å²) in [6.07, 6.45) is 6.29.